The normalized spacial score (nSPS) is 11.8. The van der Waals surface area contributed by atoms with Crippen LogP contribution < -0.4 is 10.1 Å². The first-order valence-electron chi connectivity index (χ1n) is 9.52. The average molecular weight is 402 g/mol. The summed E-state index contributed by atoms with van der Waals surface area (Å²) >= 11 is 0. The van der Waals surface area contributed by atoms with Crippen LogP contribution in [-0.4, -0.2) is 37.8 Å². The Balaban J connectivity index is 1.59. The zero-order chi connectivity index (χ0) is 20.9. The summed E-state index contributed by atoms with van der Waals surface area (Å²) in [6.45, 7) is 0.420. The Morgan fingerprint density at radius 3 is 2.57 bits per heavy atom. The van der Waals surface area contributed by atoms with Gasteiger partial charge in [-0.25, -0.2) is 0 Å². The Labute approximate surface area is 174 Å². The summed E-state index contributed by atoms with van der Waals surface area (Å²) in [6, 6.07) is 18.8. The van der Waals surface area contributed by atoms with Crippen LogP contribution >= 0.6 is 0 Å². The number of hydrogen-bond donors (Lipinski definition) is 1. The highest BCUT2D eigenvalue weighted by molar-refractivity contribution is 5.94. The van der Waals surface area contributed by atoms with Crippen molar-refractivity contribution in [1.29, 1.82) is 0 Å². The minimum Gasteiger partial charge on any atom is -0.497 e. The lowest BCUT2D eigenvalue weighted by atomic mass is 10.1. The number of amides is 1. The smallest absolute Gasteiger partial charge is 0.270 e. The number of aryl methyl sites for hydroxylation is 1. The number of methoxy groups -OCH3 is 1. The molecule has 2 aromatic carbocycles. The Kier molecular flexibility index (Phi) is 5.56. The fourth-order valence-electron chi connectivity index (χ4n) is 3.26. The Morgan fingerprint density at radius 1 is 1.07 bits per heavy atom. The molecule has 0 spiro atoms. The fraction of sp³-hybridized carbons (Fsp3) is 0.182. The molecule has 1 amide bonds. The maximum absolute atomic E-state index is 13.1. The molecule has 2 heterocycles. The molecule has 152 valence electrons. The maximum Gasteiger partial charge on any atom is 0.270 e. The second-order valence-electron chi connectivity index (χ2n) is 6.79. The van der Waals surface area contributed by atoms with Crippen molar-refractivity contribution in [1.82, 2.24) is 30.1 Å². The van der Waals surface area contributed by atoms with E-state index < -0.39 is 0 Å². The number of nitrogens with one attached hydrogen (secondary N) is 1. The molecule has 1 N–H and O–H groups in total. The van der Waals surface area contributed by atoms with E-state index in [0.29, 0.717) is 17.9 Å². The quantitative estimate of drug-likeness (QED) is 0.514. The van der Waals surface area contributed by atoms with E-state index in [1.54, 1.807) is 42.1 Å². The van der Waals surface area contributed by atoms with Crippen molar-refractivity contribution >= 4 is 5.91 Å². The molecule has 2 aromatic heterocycles. The van der Waals surface area contributed by atoms with Crippen LogP contribution in [0.1, 0.15) is 22.1 Å². The van der Waals surface area contributed by atoms with Gasteiger partial charge in [0, 0.05) is 12.6 Å². The van der Waals surface area contributed by atoms with Crippen molar-refractivity contribution in [2.24, 2.45) is 7.05 Å². The first-order valence-corrected chi connectivity index (χ1v) is 9.52. The van der Waals surface area contributed by atoms with E-state index >= 15 is 0 Å². The van der Waals surface area contributed by atoms with Gasteiger partial charge in [0.25, 0.3) is 5.91 Å². The van der Waals surface area contributed by atoms with Crippen molar-refractivity contribution in [3.63, 3.8) is 0 Å². The van der Waals surface area contributed by atoms with Crippen LogP contribution in [0.25, 0.3) is 11.3 Å². The standard InChI is InChI=1S/C22H22N6O2/c1-27-21(14-19(26-27)17-9-6-10-18(13-17)30-2)22(29)25-20(15-28-23-11-12-24-28)16-7-4-3-5-8-16/h3-14,20H,15H2,1-2H3,(H,25,29)/t20-/m1/s1. The van der Waals surface area contributed by atoms with Gasteiger partial charge in [0.1, 0.15) is 11.4 Å². The molecule has 30 heavy (non-hydrogen) atoms. The number of aromatic nitrogens is 5. The number of benzene rings is 2. The van der Waals surface area contributed by atoms with Gasteiger partial charge in [0.05, 0.1) is 37.8 Å². The lowest BCUT2D eigenvalue weighted by Gasteiger charge is -2.18. The van der Waals surface area contributed by atoms with E-state index in [9.17, 15) is 4.79 Å². The third-order valence-corrected chi connectivity index (χ3v) is 4.80. The Bertz CT molecular complexity index is 1120. The number of rotatable bonds is 7. The summed E-state index contributed by atoms with van der Waals surface area (Å²) in [7, 11) is 3.37. The summed E-state index contributed by atoms with van der Waals surface area (Å²) in [4.78, 5) is 14.7. The van der Waals surface area contributed by atoms with Gasteiger partial charge in [-0.1, -0.05) is 42.5 Å². The van der Waals surface area contributed by atoms with Crippen LogP contribution in [0.4, 0.5) is 0 Å². The molecule has 8 nitrogen and oxygen atoms in total. The van der Waals surface area contributed by atoms with Crippen molar-refractivity contribution < 1.29 is 9.53 Å². The number of hydrogen-bond acceptors (Lipinski definition) is 5. The lowest BCUT2D eigenvalue weighted by Crippen LogP contribution is -2.33. The topological polar surface area (TPSA) is 86.9 Å². The summed E-state index contributed by atoms with van der Waals surface area (Å²) in [5.41, 5.74) is 3.01. The molecule has 0 aliphatic heterocycles. The molecule has 0 fully saturated rings. The first-order chi connectivity index (χ1) is 14.6. The predicted octanol–water partition coefficient (Wildman–Crippen LogP) is 2.86. The van der Waals surface area contributed by atoms with Crippen LogP contribution in [0.3, 0.4) is 0 Å². The average Bonchev–Trinajstić information content (AvgIpc) is 3.43. The van der Waals surface area contributed by atoms with E-state index in [1.807, 2.05) is 54.6 Å². The molecule has 0 aliphatic rings. The van der Waals surface area contributed by atoms with Gasteiger partial charge in [0.2, 0.25) is 0 Å². The van der Waals surface area contributed by atoms with Gasteiger partial charge in [-0.15, -0.1) is 0 Å². The van der Waals surface area contributed by atoms with Crippen molar-refractivity contribution in [2.45, 2.75) is 12.6 Å². The summed E-state index contributed by atoms with van der Waals surface area (Å²) in [5, 5.41) is 15.9. The third-order valence-electron chi connectivity index (χ3n) is 4.80. The molecule has 0 saturated carbocycles. The van der Waals surface area contributed by atoms with Crippen molar-refractivity contribution in [3.05, 3.63) is 84.3 Å². The van der Waals surface area contributed by atoms with Gasteiger partial charge < -0.3 is 10.1 Å². The van der Waals surface area contributed by atoms with Gasteiger partial charge in [-0.05, 0) is 23.8 Å². The molecular formula is C22H22N6O2. The minimum atomic E-state index is -0.290. The van der Waals surface area contributed by atoms with Gasteiger partial charge >= 0.3 is 0 Å². The van der Waals surface area contributed by atoms with E-state index in [-0.39, 0.29) is 11.9 Å². The summed E-state index contributed by atoms with van der Waals surface area (Å²) in [5.74, 6) is 0.514. The van der Waals surface area contributed by atoms with Gasteiger partial charge in [0.15, 0.2) is 0 Å². The van der Waals surface area contributed by atoms with E-state index in [1.165, 1.54) is 0 Å². The van der Waals surface area contributed by atoms with E-state index in [4.69, 9.17) is 4.74 Å². The maximum atomic E-state index is 13.1. The first kappa shape index (κ1) is 19.4. The van der Waals surface area contributed by atoms with Gasteiger partial charge in [-0.3, -0.25) is 9.48 Å². The van der Waals surface area contributed by atoms with E-state index in [2.05, 4.69) is 20.6 Å². The highest BCUT2D eigenvalue weighted by Gasteiger charge is 2.20. The van der Waals surface area contributed by atoms with Crippen LogP contribution in [0.5, 0.6) is 5.75 Å². The zero-order valence-electron chi connectivity index (χ0n) is 16.8. The highest BCUT2D eigenvalue weighted by atomic mass is 16.5. The monoisotopic (exact) mass is 402 g/mol. The molecule has 4 aromatic rings. The Morgan fingerprint density at radius 2 is 1.83 bits per heavy atom. The number of carbonyl (C=O) groups is 1. The molecule has 4 rings (SSSR count). The second-order valence-corrected chi connectivity index (χ2v) is 6.79. The second kappa shape index (κ2) is 8.60. The van der Waals surface area contributed by atoms with E-state index in [0.717, 1.165) is 16.9 Å². The van der Waals surface area contributed by atoms with Crippen molar-refractivity contribution in [3.8, 4) is 17.0 Å². The van der Waals surface area contributed by atoms with Crippen LogP contribution in [0.2, 0.25) is 0 Å². The molecule has 8 heteroatoms. The minimum absolute atomic E-state index is 0.222. The molecular weight excluding hydrogens is 380 g/mol. The number of ether oxygens (including phenoxy) is 1. The van der Waals surface area contributed by atoms with Gasteiger partial charge in [-0.2, -0.15) is 20.1 Å². The molecule has 1 atom stereocenters. The molecule has 0 saturated heterocycles. The molecule has 0 unspecified atom stereocenters. The Hall–Kier alpha value is -3.94. The molecule has 0 bridgehead atoms. The highest BCUT2D eigenvalue weighted by Crippen LogP contribution is 2.24. The van der Waals surface area contributed by atoms with Crippen LogP contribution in [-0.2, 0) is 13.6 Å². The fourth-order valence-corrected chi connectivity index (χ4v) is 3.26. The largest absolute Gasteiger partial charge is 0.497 e. The summed E-state index contributed by atoms with van der Waals surface area (Å²) < 4.78 is 6.87. The number of nitrogens with zero attached hydrogens (tertiary/aromatic N) is 5. The lowest BCUT2D eigenvalue weighted by molar-refractivity contribution is 0.0921. The van der Waals surface area contributed by atoms with Crippen LogP contribution in [0.15, 0.2) is 73.1 Å². The summed E-state index contributed by atoms with van der Waals surface area (Å²) in [6.07, 6.45) is 3.23. The number of carbonyl (C=O) groups excluding carboxylic acids is 1. The van der Waals surface area contributed by atoms with Crippen LogP contribution in [0, 0.1) is 0 Å². The third kappa shape index (κ3) is 4.22. The predicted molar refractivity (Wildman–Crippen MR) is 112 cm³/mol. The zero-order valence-corrected chi connectivity index (χ0v) is 16.8. The SMILES string of the molecule is COc1cccc(-c2cc(C(=O)N[C@H](Cn3nccn3)c3ccccc3)n(C)n2)c1. The molecule has 0 radical (unpaired) electrons. The molecule has 0 aliphatic carbocycles. The van der Waals surface area contributed by atoms with Crippen molar-refractivity contribution in [2.75, 3.05) is 7.11 Å².